The van der Waals surface area contributed by atoms with Crippen LogP contribution in [-0.4, -0.2) is 45.3 Å². The van der Waals surface area contributed by atoms with Crippen LogP contribution in [0.1, 0.15) is 36.0 Å². The molecule has 162 valence electrons. The van der Waals surface area contributed by atoms with Crippen LogP contribution in [0.5, 0.6) is 5.75 Å². The van der Waals surface area contributed by atoms with Gasteiger partial charge in [-0.25, -0.2) is 4.39 Å². The van der Waals surface area contributed by atoms with Crippen LogP contribution in [0.15, 0.2) is 36.4 Å². The fourth-order valence-electron chi connectivity index (χ4n) is 4.75. The van der Waals surface area contributed by atoms with Crippen molar-refractivity contribution in [3.63, 3.8) is 0 Å². The number of anilines is 1. The monoisotopic (exact) mass is 415 g/mol. The van der Waals surface area contributed by atoms with Gasteiger partial charge in [-0.1, -0.05) is 18.2 Å². The molecule has 1 saturated heterocycles. The van der Waals surface area contributed by atoms with Crippen molar-refractivity contribution in [1.82, 2.24) is 0 Å². The Morgan fingerprint density at radius 2 is 1.87 bits per heavy atom. The zero-order valence-corrected chi connectivity index (χ0v) is 17.9. The first kappa shape index (κ1) is 21.1. The van der Waals surface area contributed by atoms with E-state index >= 15 is 4.39 Å². The molecule has 6 heteroatoms. The highest BCUT2D eigenvalue weighted by Crippen LogP contribution is 2.43. The summed E-state index contributed by atoms with van der Waals surface area (Å²) >= 11 is 0. The van der Waals surface area contributed by atoms with E-state index in [0.717, 1.165) is 31.5 Å². The summed E-state index contributed by atoms with van der Waals surface area (Å²) < 4.78 is 31.7. The fourth-order valence-corrected chi connectivity index (χ4v) is 4.75. The van der Waals surface area contributed by atoms with Gasteiger partial charge in [0.1, 0.15) is 17.2 Å². The van der Waals surface area contributed by atoms with Crippen molar-refractivity contribution in [2.24, 2.45) is 5.92 Å². The molecular weight excluding hydrogens is 385 g/mol. The zero-order valence-electron chi connectivity index (χ0n) is 17.9. The molecular formula is C24H30FNO4. The lowest BCUT2D eigenvalue weighted by Crippen LogP contribution is -2.39. The molecule has 0 amide bonds. The maximum absolute atomic E-state index is 15.2. The van der Waals surface area contributed by atoms with Gasteiger partial charge < -0.3 is 24.2 Å². The van der Waals surface area contributed by atoms with Crippen LogP contribution >= 0.6 is 0 Å². The summed E-state index contributed by atoms with van der Waals surface area (Å²) in [7, 11) is 3.30. The molecule has 0 bridgehead atoms. The highest BCUT2D eigenvalue weighted by atomic mass is 19.1. The minimum atomic E-state index is -1.25. The molecule has 1 unspecified atom stereocenters. The number of benzene rings is 2. The van der Waals surface area contributed by atoms with Gasteiger partial charge in [-0.2, -0.15) is 0 Å². The van der Waals surface area contributed by atoms with E-state index in [1.807, 2.05) is 31.2 Å². The van der Waals surface area contributed by atoms with Crippen LogP contribution < -0.4 is 9.64 Å². The molecule has 2 aliphatic heterocycles. The van der Waals surface area contributed by atoms with Crippen molar-refractivity contribution in [3.8, 4) is 5.75 Å². The lowest BCUT2D eigenvalue weighted by atomic mass is 9.81. The molecule has 0 aromatic heterocycles. The van der Waals surface area contributed by atoms with E-state index in [1.54, 1.807) is 20.3 Å². The molecule has 1 fully saturated rings. The Balaban J connectivity index is 1.55. The number of fused-ring (bicyclic) bond motifs is 1. The highest BCUT2D eigenvalue weighted by molar-refractivity contribution is 5.54. The normalized spacial score (nSPS) is 22.1. The van der Waals surface area contributed by atoms with Crippen molar-refractivity contribution in [2.75, 3.05) is 38.8 Å². The number of hydrogen-bond donors (Lipinski definition) is 1. The Labute approximate surface area is 177 Å². The number of aliphatic hydroxyl groups is 1. The molecule has 2 aromatic carbocycles. The molecule has 1 N–H and O–H groups in total. The zero-order chi connectivity index (χ0) is 21.3. The average molecular weight is 416 g/mol. The second kappa shape index (κ2) is 8.53. The lowest BCUT2D eigenvalue weighted by molar-refractivity contribution is -0.141. The minimum absolute atomic E-state index is 0.217. The number of rotatable bonds is 5. The predicted molar refractivity (Wildman–Crippen MR) is 113 cm³/mol. The summed E-state index contributed by atoms with van der Waals surface area (Å²) in [5.41, 5.74) is 1.64. The van der Waals surface area contributed by atoms with Gasteiger partial charge in [-0.15, -0.1) is 0 Å². The van der Waals surface area contributed by atoms with E-state index in [0.29, 0.717) is 41.5 Å². The van der Waals surface area contributed by atoms with Crippen molar-refractivity contribution in [1.29, 1.82) is 0 Å². The van der Waals surface area contributed by atoms with Gasteiger partial charge in [0.2, 0.25) is 0 Å². The maximum atomic E-state index is 15.2. The summed E-state index contributed by atoms with van der Waals surface area (Å²) in [4.78, 5) is 2.06. The molecule has 5 nitrogen and oxygen atoms in total. The van der Waals surface area contributed by atoms with Crippen LogP contribution in [0.2, 0.25) is 0 Å². The number of hydrogen-bond acceptors (Lipinski definition) is 5. The van der Waals surface area contributed by atoms with E-state index in [-0.39, 0.29) is 12.1 Å². The van der Waals surface area contributed by atoms with Gasteiger partial charge in [-0.05, 0) is 49.1 Å². The highest BCUT2D eigenvalue weighted by Gasteiger charge is 2.38. The fraction of sp³-hybridized carbons (Fsp3) is 0.500. The number of methoxy groups -OCH3 is 2. The topological polar surface area (TPSA) is 51.2 Å². The van der Waals surface area contributed by atoms with E-state index in [1.165, 1.54) is 6.07 Å². The van der Waals surface area contributed by atoms with Crippen molar-refractivity contribution < 1.29 is 23.7 Å². The first-order chi connectivity index (χ1) is 14.5. The van der Waals surface area contributed by atoms with E-state index in [9.17, 15) is 5.11 Å². The number of piperidine rings is 1. The van der Waals surface area contributed by atoms with Crippen molar-refractivity contribution in [3.05, 3.63) is 58.9 Å². The third kappa shape index (κ3) is 3.80. The average Bonchev–Trinajstić information content (AvgIpc) is 2.75. The van der Waals surface area contributed by atoms with E-state index < -0.39 is 5.60 Å². The van der Waals surface area contributed by atoms with Gasteiger partial charge in [-0.3, -0.25) is 0 Å². The van der Waals surface area contributed by atoms with E-state index in [2.05, 4.69) is 4.90 Å². The summed E-state index contributed by atoms with van der Waals surface area (Å²) in [6.45, 7) is 3.86. The Kier molecular flexibility index (Phi) is 6.00. The first-order valence-electron chi connectivity index (χ1n) is 10.5. The molecule has 2 aliphatic rings. The van der Waals surface area contributed by atoms with Crippen molar-refractivity contribution in [2.45, 2.75) is 38.1 Å². The van der Waals surface area contributed by atoms with Gasteiger partial charge in [0, 0.05) is 45.2 Å². The Morgan fingerprint density at radius 3 is 2.53 bits per heavy atom. The van der Waals surface area contributed by atoms with Crippen LogP contribution in [0.25, 0.3) is 0 Å². The number of ether oxygens (including phenoxy) is 3. The molecule has 4 rings (SSSR count). The molecule has 0 aliphatic carbocycles. The molecule has 0 spiro atoms. The Hall–Kier alpha value is -2.15. The van der Waals surface area contributed by atoms with Crippen LogP contribution in [0.3, 0.4) is 0 Å². The number of aryl methyl sites for hydroxylation is 1. The predicted octanol–water partition coefficient (Wildman–Crippen LogP) is 3.99. The third-order valence-corrected chi connectivity index (χ3v) is 6.46. The molecule has 2 heterocycles. The smallest absolute Gasteiger partial charge is 0.159 e. The Morgan fingerprint density at radius 1 is 1.13 bits per heavy atom. The molecule has 2 aromatic rings. The molecule has 1 atom stereocenters. The van der Waals surface area contributed by atoms with Gasteiger partial charge in [0.15, 0.2) is 6.29 Å². The maximum Gasteiger partial charge on any atom is 0.159 e. The van der Waals surface area contributed by atoms with Crippen LogP contribution in [-0.2, 0) is 15.1 Å². The van der Waals surface area contributed by atoms with Crippen LogP contribution in [0, 0.1) is 18.7 Å². The lowest BCUT2D eigenvalue weighted by Gasteiger charge is -2.37. The number of nitrogens with zero attached hydrogens (tertiary/aromatic N) is 1. The SMILES string of the molecule is COC(OC)C1CCN(c2ccc(C3(O)CCOc4cc(C)ccc43)cc2F)CC1. The second-order valence-electron chi connectivity index (χ2n) is 8.29. The molecule has 30 heavy (non-hydrogen) atoms. The molecule has 0 radical (unpaired) electrons. The summed E-state index contributed by atoms with van der Waals surface area (Å²) in [5, 5.41) is 11.5. The quantitative estimate of drug-likeness (QED) is 0.749. The summed E-state index contributed by atoms with van der Waals surface area (Å²) in [5.74, 6) is 0.664. The largest absolute Gasteiger partial charge is 0.493 e. The third-order valence-electron chi connectivity index (χ3n) is 6.46. The van der Waals surface area contributed by atoms with Gasteiger partial charge in [0.05, 0.1) is 12.3 Å². The minimum Gasteiger partial charge on any atom is -0.493 e. The summed E-state index contributed by atoms with van der Waals surface area (Å²) in [6.07, 6.45) is 1.93. The van der Waals surface area contributed by atoms with Crippen molar-refractivity contribution >= 4 is 5.69 Å². The standard InChI is InChI=1S/C24H30FNO4/c1-16-4-6-19-22(14-16)30-13-10-24(19,27)18-5-7-21(20(25)15-18)26-11-8-17(9-12-26)23(28-2)29-3/h4-7,14-15,17,23,27H,8-13H2,1-3H3. The number of halogens is 1. The summed E-state index contributed by atoms with van der Waals surface area (Å²) in [6, 6.07) is 10.8. The molecule has 0 saturated carbocycles. The Bertz CT molecular complexity index is 893. The first-order valence-corrected chi connectivity index (χ1v) is 10.5. The second-order valence-corrected chi connectivity index (χ2v) is 8.29. The van der Waals surface area contributed by atoms with Gasteiger partial charge >= 0.3 is 0 Å². The van der Waals surface area contributed by atoms with Gasteiger partial charge in [0.25, 0.3) is 0 Å². The van der Waals surface area contributed by atoms with E-state index in [4.69, 9.17) is 14.2 Å². The van der Waals surface area contributed by atoms with Crippen LogP contribution in [0.4, 0.5) is 10.1 Å².